The van der Waals surface area contributed by atoms with Gasteiger partial charge in [-0.1, -0.05) is 0 Å². The molecule has 2 N–H and O–H groups in total. The highest BCUT2D eigenvalue weighted by Crippen LogP contribution is 2.18. The summed E-state index contributed by atoms with van der Waals surface area (Å²) in [5.74, 6) is 0.369. The van der Waals surface area contributed by atoms with Crippen molar-refractivity contribution in [2.75, 3.05) is 19.9 Å². The zero-order valence-corrected chi connectivity index (χ0v) is 14.0. The van der Waals surface area contributed by atoms with E-state index in [-0.39, 0.29) is 24.9 Å². The third-order valence-corrected chi connectivity index (χ3v) is 3.27. The number of carbonyl (C=O) groups is 2. The number of nitrogens with two attached hydrogens (primary N) is 1. The Kier molecular flexibility index (Phi) is 6.21. The maximum Gasteiger partial charge on any atom is 0.341 e. The van der Waals surface area contributed by atoms with Crippen molar-refractivity contribution in [3.05, 3.63) is 53.0 Å². The van der Waals surface area contributed by atoms with Gasteiger partial charge >= 0.3 is 5.97 Å². The van der Waals surface area contributed by atoms with E-state index in [1.165, 1.54) is 12.0 Å². The predicted octanol–water partition coefficient (Wildman–Crippen LogP) is 2.65. The molecule has 0 saturated carbocycles. The topological polar surface area (TPSA) is 85.8 Å². The minimum Gasteiger partial charge on any atom is -0.465 e. The number of nitrogen functional groups attached to an aromatic ring is 1. The van der Waals surface area contributed by atoms with Gasteiger partial charge in [0, 0.05) is 18.3 Å². The molecule has 7 heteroatoms. The van der Waals surface area contributed by atoms with Crippen molar-refractivity contribution >= 4 is 30.0 Å². The molecule has 0 fully saturated rings. The molecule has 1 aromatic carbocycles. The summed E-state index contributed by atoms with van der Waals surface area (Å²) in [4.78, 5) is 25.3. The summed E-state index contributed by atoms with van der Waals surface area (Å²) >= 11 is 0. The van der Waals surface area contributed by atoms with E-state index >= 15 is 0 Å². The summed E-state index contributed by atoms with van der Waals surface area (Å²) in [5, 5.41) is 0. The Morgan fingerprint density at radius 3 is 2.43 bits per heavy atom. The van der Waals surface area contributed by atoms with Gasteiger partial charge in [-0.2, -0.15) is 0 Å². The number of halogens is 1. The molecule has 2 rings (SSSR count). The molecule has 0 aliphatic rings. The molecule has 0 atom stereocenters. The van der Waals surface area contributed by atoms with Gasteiger partial charge in [0.25, 0.3) is 5.91 Å². The highest BCUT2D eigenvalue weighted by Gasteiger charge is 2.18. The Balaban J connectivity index is 0.00000264. The van der Waals surface area contributed by atoms with Crippen molar-refractivity contribution in [3.8, 4) is 0 Å². The monoisotopic (exact) mass is 338 g/mol. The van der Waals surface area contributed by atoms with Crippen LogP contribution in [0.15, 0.2) is 34.7 Å². The fourth-order valence-electron chi connectivity index (χ4n) is 2.09. The fraction of sp³-hybridized carbons (Fsp3) is 0.250. The van der Waals surface area contributed by atoms with Crippen LogP contribution in [-0.4, -0.2) is 30.9 Å². The third kappa shape index (κ3) is 4.26. The van der Waals surface area contributed by atoms with E-state index in [0.717, 1.165) is 0 Å². The number of furan rings is 1. The van der Waals surface area contributed by atoms with Crippen LogP contribution in [0, 0.1) is 6.92 Å². The Morgan fingerprint density at radius 1 is 1.26 bits per heavy atom. The number of nitrogens with zero attached hydrogens (tertiary/aromatic N) is 1. The first-order chi connectivity index (χ1) is 10.4. The van der Waals surface area contributed by atoms with E-state index < -0.39 is 5.97 Å². The molecule has 0 bridgehead atoms. The van der Waals surface area contributed by atoms with Crippen LogP contribution in [-0.2, 0) is 11.3 Å². The molecule has 0 radical (unpaired) electrons. The van der Waals surface area contributed by atoms with Crippen molar-refractivity contribution in [1.82, 2.24) is 4.90 Å². The van der Waals surface area contributed by atoms with Crippen molar-refractivity contribution in [2.24, 2.45) is 0 Å². The second kappa shape index (κ2) is 7.69. The van der Waals surface area contributed by atoms with Crippen molar-refractivity contribution in [2.45, 2.75) is 13.5 Å². The van der Waals surface area contributed by atoms with Gasteiger partial charge in [-0.3, -0.25) is 4.79 Å². The lowest BCUT2D eigenvalue weighted by Gasteiger charge is -2.15. The Morgan fingerprint density at radius 2 is 1.87 bits per heavy atom. The van der Waals surface area contributed by atoms with E-state index in [1.54, 1.807) is 44.3 Å². The molecule has 0 unspecified atom stereocenters. The molecular weight excluding hydrogens is 320 g/mol. The van der Waals surface area contributed by atoms with Crippen LogP contribution >= 0.6 is 12.4 Å². The SMILES string of the molecule is COC(=O)c1cc(CN(C)C(=O)c2ccc(N)cc2)oc1C.Cl. The zero-order chi connectivity index (χ0) is 16.3. The normalized spacial score (nSPS) is 9.87. The Bertz CT molecular complexity index is 695. The largest absolute Gasteiger partial charge is 0.465 e. The van der Waals surface area contributed by atoms with Crippen LogP contribution in [0.25, 0.3) is 0 Å². The van der Waals surface area contributed by atoms with Crippen LogP contribution in [0.4, 0.5) is 5.69 Å². The quantitative estimate of drug-likeness (QED) is 0.684. The van der Waals surface area contributed by atoms with Crippen LogP contribution < -0.4 is 5.73 Å². The summed E-state index contributed by atoms with van der Waals surface area (Å²) in [6.07, 6.45) is 0. The van der Waals surface area contributed by atoms with E-state index in [9.17, 15) is 9.59 Å². The molecule has 0 saturated heterocycles. The number of ether oxygens (including phenoxy) is 1. The Hall–Kier alpha value is -2.47. The average molecular weight is 339 g/mol. The molecule has 0 spiro atoms. The lowest BCUT2D eigenvalue weighted by Crippen LogP contribution is -2.25. The molecular formula is C16H19ClN2O4. The molecule has 0 aliphatic heterocycles. The number of hydrogen-bond donors (Lipinski definition) is 1. The summed E-state index contributed by atoms with van der Waals surface area (Å²) in [5.41, 5.74) is 7.11. The number of amides is 1. The first-order valence-electron chi connectivity index (χ1n) is 6.71. The van der Waals surface area contributed by atoms with Crippen LogP contribution in [0.1, 0.15) is 32.2 Å². The summed E-state index contributed by atoms with van der Waals surface area (Å²) < 4.78 is 10.2. The third-order valence-electron chi connectivity index (χ3n) is 3.27. The van der Waals surface area contributed by atoms with Crippen LogP contribution in [0.5, 0.6) is 0 Å². The fourth-order valence-corrected chi connectivity index (χ4v) is 2.09. The lowest BCUT2D eigenvalue weighted by atomic mass is 10.2. The predicted molar refractivity (Wildman–Crippen MR) is 88.7 cm³/mol. The summed E-state index contributed by atoms with van der Waals surface area (Å²) in [6, 6.07) is 8.28. The molecule has 1 amide bonds. The van der Waals surface area contributed by atoms with Crippen molar-refractivity contribution in [1.29, 1.82) is 0 Å². The number of anilines is 1. The maximum atomic E-state index is 12.3. The van der Waals surface area contributed by atoms with E-state index in [2.05, 4.69) is 4.74 Å². The molecule has 23 heavy (non-hydrogen) atoms. The van der Waals surface area contributed by atoms with Gasteiger partial charge in [0.1, 0.15) is 17.1 Å². The van der Waals surface area contributed by atoms with Crippen LogP contribution in [0.2, 0.25) is 0 Å². The first-order valence-corrected chi connectivity index (χ1v) is 6.71. The smallest absolute Gasteiger partial charge is 0.341 e. The highest BCUT2D eigenvalue weighted by atomic mass is 35.5. The number of carbonyl (C=O) groups excluding carboxylic acids is 2. The number of benzene rings is 1. The van der Waals surface area contributed by atoms with Crippen LogP contribution in [0.3, 0.4) is 0 Å². The first kappa shape index (κ1) is 18.6. The number of rotatable bonds is 4. The van der Waals surface area contributed by atoms with Gasteiger partial charge in [0.05, 0.1) is 13.7 Å². The van der Waals surface area contributed by atoms with E-state index in [1.807, 2.05) is 0 Å². The van der Waals surface area contributed by atoms with Gasteiger partial charge in [0.15, 0.2) is 0 Å². The van der Waals surface area contributed by atoms with Crippen molar-refractivity contribution in [3.63, 3.8) is 0 Å². The minimum atomic E-state index is -0.458. The molecule has 0 aliphatic carbocycles. The molecule has 1 aromatic heterocycles. The summed E-state index contributed by atoms with van der Waals surface area (Å²) in [6.45, 7) is 1.93. The summed E-state index contributed by atoms with van der Waals surface area (Å²) in [7, 11) is 2.97. The number of methoxy groups -OCH3 is 1. The zero-order valence-electron chi connectivity index (χ0n) is 13.2. The standard InChI is InChI=1S/C16H18N2O4.ClH/c1-10-14(16(20)21-3)8-13(22-10)9-18(2)15(19)11-4-6-12(17)7-5-11;/h4-8H,9,17H2,1-3H3;1H. The average Bonchev–Trinajstić information content (AvgIpc) is 2.87. The lowest BCUT2D eigenvalue weighted by molar-refractivity contribution is 0.0598. The second-order valence-corrected chi connectivity index (χ2v) is 4.96. The molecule has 2 aromatic rings. The molecule has 124 valence electrons. The number of hydrogen-bond acceptors (Lipinski definition) is 5. The molecule has 6 nitrogen and oxygen atoms in total. The van der Waals surface area contributed by atoms with Gasteiger partial charge in [-0.05, 0) is 37.3 Å². The Labute approximate surface area is 140 Å². The maximum absolute atomic E-state index is 12.3. The van der Waals surface area contributed by atoms with Gasteiger partial charge in [0.2, 0.25) is 0 Å². The number of esters is 1. The second-order valence-electron chi connectivity index (χ2n) is 4.96. The highest BCUT2D eigenvalue weighted by molar-refractivity contribution is 5.94. The van der Waals surface area contributed by atoms with Gasteiger partial charge in [-0.25, -0.2) is 4.79 Å². The molecule has 1 heterocycles. The van der Waals surface area contributed by atoms with E-state index in [0.29, 0.717) is 28.3 Å². The number of aryl methyl sites for hydroxylation is 1. The van der Waals surface area contributed by atoms with Gasteiger partial charge < -0.3 is 19.8 Å². The van der Waals surface area contributed by atoms with Gasteiger partial charge in [-0.15, -0.1) is 12.4 Å². The minimum absolute atomic E-state index is 0. The van der Waals surface area contributed by atoms with Crippen molar-refractivity contribution < 1.29 is 18.7 Å². The van der Waals surface area contributed by atoms with E-state index in [4.69, 9.17) is 10.2 Å².